The van der Waals surface area contributed by atoms with Crippen molar-refractivity contribution in [1.29, 1.82) is 0 Å². The number of carbonyl (C=O) groups is 1. The minimum absolute atomic E-state index is 0.0234. The molecule has 1 unspecified atom stereocenters. The fourth-order valence-electron chi connectivity index (χ4n) is 2.01. The van der Waals surface area contributed by atoms with Gasteiger partial charge in [0.25, 0.3) is 0 Å². The molecule has 3 N–H and O–H groups in total. The summed E-state index contributed by atoms with van der Waals surface area (Å²) in [6.45, 7) is 7.65. The SMILES string of the molecule is CCCC(CN)C(=O)NCCN1CCOCC1. The van der Waals surface area contributed by atoms with E-state index >= 15 is 0 Å². The van der Waals surface area contributed by atoms with Crippen LogP contribution in [0.2, 0.25) is 0 Å². The molecule has 0 spiro atoms. The third kappa shape index (κ3) is 5.48. The molecule has 5 nitrogen and oxygen atoms in total. The average Bonchev–Trinajstić information content (AvgIpc) is 2.37. The number of carbonyl (C=O) groups excluding carboxylic acids is 1. The zero-order chi connectivity index (χ0) is 12.5. The summed E-state index contributed by atoms with van der Waals surface area (Å²) < 4.78 is 5.27. The van der Waals surface area contributed by atoms with E-state index in [1.54, 1.807) is 0 Å². The molecule has 1 rings (SSSR count). The maximum atomic E-state index is 11.8. The number of morpholine rings is 1. The van der Waals surface area contributed by atoms with E-state index in [0.29, 0.717) is 13.1 Å². The third-order valence-electron chi connectivity index (χ3n) is 3.12. The van der Waals surface area contributed by atoms with Crippen molar-refractivity contribution in [2.24, 2.45) is 11.7 Å². The Morgan fingerprint density at radius 3 is 2.76 bits per heavy atom. The van der Waals surface area contributed by atoms with Crippen molar-refractivity contribution in [3.63, 3.8) is 0 Å². The summed E-state index contributed by atoms with van der Waals surface area (Å²) in [5.74, 6) is 0.0762. The number of nitrogens with one attached hydrogen (secondary N) is 1. The quantitative estimate of drug-likeness (QED) is 0.650. The molecule has 1 amide bonds. The zero-order valence-corrected chi connectivity index (χ0v) is 10.8. The maximum Gasteiger partial charge on any atom is 0.224 e. The van der Waals surface area contributed by atoms with E-state index in [1.165, 1.54) is 0 Å². The van der Waals surface area contributed by atoms with Crippen LogP contribution in [0, 0.1) is 5.92 Å². The number of nitrogens with zero attached hydrogens (tertiary/aromatic N) is 1. The van der Waals surface area contributed by atoms with Gasteiger partial charge in [-0.25, -0.2) is 0 Å². The number of ether oxygens (including phenoxy) is 1. The molecule has 1 aliphatic heterocycles. The summed E-state index contributed by atoms with van der Waals surface area (Å²) in [4.78, 5) is 14.1. The van der Waals surface area contributed by atoms with Gasteiger partial charge in [0.2, 0.25) is 5.91 Å². The van der Waals surface area contributed by atoms with E-state index in [1.807, 2.05) is 0 Å². The highest BCUT2D eigenvalue weighted by Gasteiger charge is 2.15. The Balaban J connectivity index is 2.13. The zero-order valence-electron chi connectivity index (χ0n) is 10.8. The van der Waals surface area contributed by atoms with E-state index in [2.05, 4.69) is 17.1 Å². The second kappa shape index (κ2) is 8.44. The first-order valence-corrected chi connectivity index (χ1v) is 6.55. The minimum atomic E-state index is -0.0234. The van der Waals surface area contributed by atoms with Gasteiger partial charge in [0.05, 0.1) is 19.1 Å². The van der Waals surface area contributed by atoms with Crippen LogP contribution in [0.5, 0.6) is 0 Å². The topological polar surface area (TPSA) is 67.6 Å². The molecule has 1 aliphatic rings. The molecule has 0 aromatic heterocycles. The van der Waals surface area contributed by atoms with Crippen molar-refractivity contribution in [3.8, 4) is 0 Å². The molecule has 17 heavy (non-hydrogen) atoms. The van der Waals surface area contributed by atoms with Crippen LogP contribution in [0.25, 0.3) is 0 Å². The number of nitrogens with two attached hydrogens (primary N) is 1. The Labute approximate surface area is 104 Å². The van der Waals surface area contributed by atoms with Crippen LogP contribution in [0.3, 0.4) is 0 Å². The number of rotatable bonds is 7. The molecule has 1 atom stereocenters. The summed E-state index contributed by atoms with van der Waals surface area (Å²) in [5, 5.41) is 2.96. The first kappa shape index (κ1) is 14.4. The largest absolute Gasteiger partial charge is 0.379 e. The highest BCUT2D eigenvalue weighted by Crippen LogP contribution is 2.04. The molecular weight excluding hydrogens is 218 g/mol. The van der Waals surface area contributed by atoms with Gasteiger partial charge in [-0.15, -0.1) is 0 Å². The fourth-order valence-corrected chi connectivity index (χ4v) is 2.01. The van der Waals surface area contributed by atoms with Gasteiger partial charge in [-0.05, 0) is 6.42 Å². The summed E-state index contributed by atoms with van der Waals surface area (Å²) in [6, 6.07) is 0. The van der Waals surface area contributed by atoms with E-state index in [0.717, 1.165) is 45.7 Å². The minimum Gasteiger partial charge on any atom is -0.379 e. The summed E-state index contributed by atoms with van der Waals surface area (Å²) >= 11 is 0. The lowest BCUT2D eigenvalue weighted by molar-refractivity contribution is -0.125. The monoisotopic (exact) mass is 243 g/mol. The van der Waals surface area contributed by atoms with Crippen molar-refractivity contribution < 1.29 is 9.53 Å². The molecule has 0 aromatic rings. The summed E-state index contributed by atoms with van der Waals surface area (Å²) in [6.07, 6.45) is 1.87. The van der Waals surface area contributed by atoms with Crippen LogP contribution >= 0.6 is 0 Å². The van der Waals surface area contributed by atoms with Crippen molar-refractivity contribution in [1.82, 2.24) is 10.2 Å². The van der Waals surface area contributed by atoms with Crippen LogP contribution in [0.15, 0.2) is 0 Å². The lowest BCUT2D eigenvalue weighted by atomic mass is 10.0. The lowest BCUT2D eigenvalue weighted by Gasteiger charge is -2.26. The summed E-state index contributed by atoms with van der Waals surface area (Å²) in [5.41, 5.74) is 5.59. The van der Waals surface area contributed by atoms with E-state index in [9.17, 15) is 4.79 Å². The van der Waals surface area contributed by atoms with Crippen molar-refractivity contribution in [2.75, 3.05) is 45.9 Å². The van der Waals surface area contributed by atoms with Crippen molar-refractivity contribution in [2.45, 2.75) is 19.8 Å². The third-order valence-corrected chi connectivity index (χ3v) is 3.12. The van der Waals surface area contributed by atoms with Crippen LogP contribution in [0.1, 0.15) is 19.8 Å². The highest BCUT2D eigenvalue weighted by atomic mass is 16.5. The Bertz CT molecular complexity index is 218. The standard InChI is InChI=1S/C12H25N3O2/c1-2-3-11(10-13)12(16)14-4-5-15-6-8-17-9-7-15/h11H,2-10,13H2,1H3,(H,14,16). The highest BCUT2D eigenvalue weighted by molar-refractivity contribution is 5.78. The van der Waals surface area contributed by atoms with E-state index in [4.69, 9.17) is 10.5 Å². The second-order valence-corrected chi connectivity index (χ2v) is 4.47. The molecule has 100 valence electrons. The van der Waals surface area contributed by atoms with Gasteiger partial charge in [-0.2, -0.15) is 0 Å². The van der Waals surface area contributed by atoms with Gasteiger partial charge < -0.3 is 15.8 Å². The molecule has 0 bridgehead atoms. The summed E-state index contributed by atoms with van der Waals surface area (Å²) in [7, 11) is 0. The van der Waals surface area contributed by atoms with Gasteiger partial charge in [-0.3, -0.25) is 9.69 Å². The molecule has 1 saturated heterocycles. The second-order valence-electron chi connectivity index (χ2n) is 4.47. The smallest absolute Gasteiger partial charge is 0.224 e. The average molecular weight is 243 g/mol. The predicted molar refractivity (Wildman–Crippen MR) is 67.7 cm³/mol. The Hall–Kier alpha value is -0.650. The van der Waals surface area contributed by atoms with Crippen molar-refractivity contribution in [3.05, 3.63) is 0 Å². The molecule has 0 aliphatic carbocycles. The van der Waals surface area contributed by atoms with Gasteiger partial charge in [0, 0.05) is 32.7 Å². The molecule has 0 saturated carbocycles. The van der Waals surface area contributed by atoms with Crippen LogP contribution in [0.4, 0.5) is 0 Å². The first-order valence-electron chi connectivity index (χ1n) is 6.55. The molecule has 5 heteroatoms. The molecule has 0 aromatic carbocycles. The van der Waals surface area contributed by atoms with Crippen LogP contribution in [-0.4, -0.2) is 56.7 Å². The van der Waals surface area contributed by atoms with Crippen molar-refractivity contribution >= 4 is 5.91 Å². The molecule has 1 fully saturated rings. The Morgan fingerprint density at radius 2 is 2.18 bits per heavy atom. The first-order chi connectivity index (χ1) is 8.27. The van der Waals surface area contributed by atoms with Gasteiger partial charge in [0.1, 0.15) is 0 Å². The van der Waals surface area contributed by atoms with Gasteiger partial charge in [-0.1, -0.05) is 13.3 Å². The Kier molecular flexibility index (Phi) is 7.16. The Morgan fingerprint density at radius 1 is 1.47 bits per heavy atom. The molecule has 1 heterocycles. The number of amides is 1. The van der Waals surface area contributed by atoms with E-state index in [-0.39, 0.29) is 11.8 Å². The van der Waals surface area contributed by atoms with Crippen LogP contribution in [-0.2, 0) is 9.53 Å². The predicted octanol–water partition coefficient (Wildman–Crippen LogP) is -0.190. The lowest BCUT2D eigenvalue weighted by Crippen LogP contribution is -2.43. The number of hydrogen-bond acceptors (Lipinski definition) is 4. The maximum absolute atomic E-state index is 11.8. The van der Waals surface area contributed by atoms with E-state index < -0.39 is 0 Å². The fraction of sp³-hybridized carbons (Fsp3) is 0.917. The molecule has 0 radical (unpaired) electrons. The normalized spacial score (nSPS) is 18.9. The van der Waals surface area contributed by atoms with Gasteiger partial charge in [0.15, 0.2) is 0 Å². The van der Waals surface area contributed by atoms with Crippen LogP contribution < -0.4 is 11.1 Å². The van der Waals surface area contributed by atoms with Gasteiger partial charge >= 0.3 is 0 Å². The number of hydrogen-bond donors (Lipinski definition) is 2. The molecular formula is C12H25N3O2.